The van der Waals surface area contributed by atoms with Gasteiger partial charge in [-0.2, -0.15) is 0 Å². The molecule has 0 atom stereocenters. The molecule has 0 bridgehead atoms. The maximum atomic E-state index is 6.80. The fourth-order valence-electron chi connectivity index (χ4n) is 0.0845. The van der Waals surface area contributed by atoms with Crippen molar-refractivity contribution in [2.24, 2.45) is 0 Å². The highest BCUT2D eigenvalue weighted by Gasteiger charge is 1.66. The van der Waals surface area contributed by atoms with Crippen molar-refractivity contribution in [3.63, 3.8) is 0 Å². The molecule has 0 amide bonds. The predicted octanol–water partition coefficient (Wildman–Crippen LogP) is 1.34. The lowest BCUT2D eigenvalue weighted by Crippen LogP contribution is -1.95. The Kier molecular flexibility index (Phi) is 3.63. The maximum absolute atomic E-state index is 6.80. The van der Waals surface area contributed by atoms with Gasteiger partial charge in [-0.3, -0.25) is 3.52 Å². The Morgan fingerprint density at radius 1 is 2.20 bits per heavy atom. The fraction of sp³-hybridized carbons (Fsp3) is 1.00. The Bertz CT molecular complexity index is 32.0. The van der Waals surface area contributed by atoms with Gasteiger partial charge in [-0.25, -0.2) is 0 Å². The first kappa shape index (κ1) is 3.87. The monoisotopic (exact) mass is 187 g/mol. The first-order valence-electron chi connectivity index (χ1n) is 2.14. The third-order valence-electron chi connectivity index (χ3n) is 0.308. The highest BCUT2D eigenvalue weighted by atomic mass is 127. The summed E-state index contributed by atoms with van der Waals surface area (Å²) >= 11 is 1.94. The zero-order chi connectivity index (χ0) is 4.99. The van der Waals surface area contributed by atoms with Crippen molar-refractivity contribution >= 4 is 22.9 Å². The lowest BCUT2D eigenvalue weighted by atomic mass is 10.5. The molecule has 0 unspecified atom stereocenters. The average molecular weight is 187 g/mol. The summed E-state index contributed by atoms with van der Waals surface area (Å²) < 4.78 is 8.20. The minimum absolute atomic E-state index is 0.862. The van der Waals surface area contributed by atoms with Crippen LogP contribution in [0.3, 0.4) is 0 Å². The third-order valence-corrected chi connectivity index (χ3v) is 0.791. The van der Waals surface area contributed by atoms with Gasteiger partial charge < -0.3 is 0 Å². The molecule has 2 heteroatoms. The van der Waals surface area contributed by atoms with Crippen LogP contribution in [-0.4, -0.2) is 6.54 Å². The molecule has 0 aromatic rings. The van der Waals surface area contributed by atoms with Crippen molar-refractivity contribution in [3.8, 4) is 0 Å². The van der Waals surface area contributed by atoms with Gasteiger partial charge in [-0.15, -0.1) is 0 Å². The summed E-state index contributed by atoms with van der Waals surface area (Å²) in [6.07, 6.45) is 1.06. The van der Waals surface area contributed by atoms with Crippen molar-refractivity contribution in [3.05, 3.63) is 0 Å². The first-order valence-corrected chi connectivity index (χ1v) is 2.66. The molecule has 0 aliphatic rings. The van der Waals surface area contributed by atoms with E-state index in [4.69, 9.17) is 1.41 Å². The highest BCUT2D eigenvalue weighted by molar-refractivity contribution is 14.1. The minimum atomic E-state index is 0.862. The van der Waals surface area contributed by atoms with E-state index in [0.29, 0.717) is 0 Å². The van der Waals surface area contributed by atoms with Gasteiger partial charge >= 0.3 is 0 Å². The summed E-state index contributed by atoms with van der Waals surface area (Å²) in [5.41, 5.74) is 0. The lowest BCUT2D eigenvalue weighted by Gasteiger charge is -1.82. The smallest absolute Gasteiger partial charge is 0.134 e. The van der Waals surface area contributed by atoms with Crippen LogP contribution in [0.5, 0.6) is 0 Å². The van der Waals surface area contributed by atoms with Gasteiger partial charge in [0.1, 0.15) is 1.41 Å². The standard InChI is InChI=1S/C3H8IN/c1-2-3-5-4/h5H,2-3H2,1H3/i/hT. The second-order valence-corrected chi connectivity index (χ2v) is 1.53. The fourth-order valence-corrected chi connectivity index (χ4v) is 0.567. The number of hydrogen-bond acceptors (Lipinski definition) is 1. The maximum Gasteiger partial charge on any atom is 0.134 e. The van der Waals surface area contributed by atoms with Crippen molar-refractivity contribution < 1.29 is 1.41 Å². The molecular formula is C3H8IN. The largest absolute Gasteiger partial charge is 0.261 e. The average Bonchev–Trinajstić information content (AvgIpc) is 1.35. The Balaban J connectivity index is 2.63. The van der Waals surface area contributed by atoms with Crippen molar-refractivity contribution in [1.82, 2.24) is 3.52 Å². The Hall–Kier alpha value is 0.690. The Morgan fingerprint density at radius 3 is 2.80 bits per heavy atom. The molecule has 5 heavy (non-hydrogen) atoms. The molecule has 0 heterocycles. The van der Waals surface area contributed by atoms with E-state index in [9.17, 15) is 0 Å². The lowest BCUT2D eigenvalue weighted by molar-refractivity contribution is 0.899. The van der Waals surface area contributed by atoms with Crippen LogP contribution in [0.4, 0.5) is 0 Å². The topological polar surface area (TPSA) is 12.0 Å². The van der Waals surface area contributed by atoms with Crippen LogP contribution in [0.15, 0.2) is 0 Å². The molecule has 0 spiro atoms. The van der Waals surface area contributed by atoms with Crippen LogP contribution in [0.25, 0.3) is 0 Å². The first-order chi connectivity index (χ1) is 2.77. The molecule has 0 aromatic heterocycles. The van der Waals surface area contributed by atoms with Gasteiger partial charge in [0.05, 0.1) is 0 Å². The van der Waals surface area contributed by atoms with Crippen LogP contribution in [0.1, 0.15) is 13.3 Å². The van der Waals surface area contributed by atoms with E-state index in [1.165, 1.54) is 3.52 Å². The summed E-state index contributed by atoms with van der Waals surface area (Å²) in [7, 11) is 0. The van der Waals surface area contributed by atoms with Gasteiger partial charge in [0, 0.05) is 29.4 Å². The van der Waals surface area contributed by atoms with E-state index in [2.05, 4.69) is 6.92 Å². The number of nitrogens with one attached hydrogen (secondary N) is 1. The summed E-state index contributed by atoms with van der Waals surface area (Å²) in [6.45, 7) is 2.92. The van der Waals surface area contributed by atoms with E-state index in [0.717, 1.165) is 13.0 Å². The Labute approximate surface area is 48.1 Å². The van der Waals surface area contributed by atoms with Crippen LogP contribution < -0.4 is 3.52 Å². The van der Waals surface area contributed by atoms with E-state index in [1.807, 2.05) is 22.9 Å². The molecule has 1 nitrogen and oxygen atoms in total. The molecule has 1 N–H and O–H groups in total. The van der Waals surface area contributed by atoms with Crippen LogP contribution in [0, 0.1) is 0 Å². The predicted molar refractivity (Wildman–Crippen MR) is 32.3 cm³/mol. The molecule has 0 rings (SSSR count). The number of hydrogen-bond donors (Lipinski definition) is 1. The quantitative estimate of drug-likeness (QED) is 0.508. The van der Waals surface area contributed by atoms with E-state index in [-0.39, 0.29) is 0 Å². The molecular weight excluding hydrogens is 177 g/mol. The number of rotatable bonds is 2. The molecule has 0 saturated heterocycles. The van der Waals surface area contributed by atoms with E-state index >= 15 is 0 Å². The van der Waals surface area contributed by atoms with Gasteiger partial charge in [0.15, 0.2) is 0 Å². The molecule has 0 aliphatic heterocycles. The Morgan fingerprint density at radius 2 is 2.80 bits per heavy atom. The highest BCUT2D eigenvalue weighted by Crippen LogP contribution is 1.71. The summed E-state index contributed by atoms with van der Waals surface area (Å²) in [5.74, 6) is 0. The van der Waals surface area contributed by atoms with Gasteiger partial charge in [-0.05, 0) is 6.42 Å². The minimum Gasteiger partial charge on any atom is -0.261 e. The van der Waals surface area contributed by atoms with Crippen LogP contribution >= 0.6 is 22.9 Å². The van der Waals surface area contributed by atoms with Crippen molar-refractivity contribution in [1.29, 1.82) is 0 Å². The van der Waals surface area contributed by atoms with Crippen molar-refractivity contribution in [2.45, 2.75) is 13.3 Å². The molecule has 0 aromatic carbocycles. The van der Waals surface area contributed by atoms with Crippen LogP contribution in [-0.2, 0) is 0 Å². The SMILES string of the molecule is [3H]N(I)CCC. The van der Waals surface area contributed by atoms with Gasteiger partial charge in [0.2, 0.25) is 0 Å². The number of halogens is 1. The molecule has 0 fully saturated rings. The van der Waals surface area contributed by atoms with Gasteiger partial charge in [0.25, 0.3) is 0 Å². The molecule has 0 radical (unpaired) electrons. The van der Waals surface area contributed by atoms with E-state index in [1.54, 1.807) is 0 Å². The molecule has 32 valence electrons. The normalized spacial score (nSPS) is 12.2. The second-order valence-electron chi connectivity index (χ2n) is 0.843. The van der Waals surface area contributed by atoms with Crippen molar-refractivity contribution in [2.75, 3.05) is 6.54 Å². The van der Waals surface area contributed by atoms with Crippen LogP contribution in [0.2, 0.25) is 1.41 Å². The zero-order valence-corrected chi connectivity index (χ0v) is 5.40. The molecule has 0 saturated carbocycles. The van der Waals surface area contributed by atoms with Gasteiger partial charge in [-0.1, -0.05) is 6.92 Å². The molecule has 0 aliphatic carbocycles. The zero-order valence-electron chi connectivity index (χ0n) is 4.24. The third kappa shape index (κ3) is 4.69. The second kappa shape index (κ2) is 4.69. The summed E-state index contributed by atoms with van der Waals surface area (Å²) in [6, 6.07) is 0. The summed E-state index contributed by atoms with van der Waals surface area (Å²) in [4.78, 5) is 0. The summed E-state index contributed by atoms with van der Waals surface area (Å²) in [5, 5.41) is 0. The van der Waals surface area contributed by atoms with E-state index < -0.39 is 0 Å².